The molecule has 7 N–H and O–H groups in total. The Morgan fingerprint density at radius 2 is 1.96 bits per heavy atom. The largest absolute Gasteiger partial charge is 0.396 e. The molecule has 3 unspecified atom stereocenters. The van der Waals surface area contributed by atoms with Gasteiger partial charge in [0.05, 0.1) is 25.4 Å². The van der Waals surface area contributed by atoms with Crippen LogP contribution in [0.15, 0.2) is 0 Å². The van der Waals surface area contributed by atoms with Crippen LogP contribution in [0.1, 0.15) is 12.8 Å². The van der Waals surface area contributed by atoms with E-state index in [4.69, 9.17) is 20.1 Å². The summed E-state index contributed by atoms with van der Waals surface area (Å²) in [5, 5.41) is 23.4. The van der Waals surface area contributed by atoms with E-state index in [1.54, 1.807) is 7.85 Å². The first-order chi connectivity index (χ1) is 12.2. The van der Waals surface area contributed by atoms with Gasteiger partial charge in [-0.15, -0.1) is 0 Å². The Bertz CT molecular complexity index is 526. The van der Waals surface area contributed by atoms with Crippen LogP contribution in [0.4, 0.5) is 0 Å². The summed E-state index contributed by atoms with van der Waals surface area (Å²) in [4.78, 5) is 33.1. The number of hydrogen-bond acceptors (Lipinski definition) is 8. The Hall–Kier alpha value is -1.01. The molecule has 2 amide bonds. The van der Waals surface area contributed by atoms with Crippen molar-refractivity contribution in [2.75, 3.05) is 32.5 Å². The third kappa shape index (κ3) is 7.32. The molecule has 150 valence electrons. The quantitative estimate of drug-likeness (QED) is 0.151. The summed E-state index contributed by atoms with van der Waals surface area (Å²) in [6, 6.07) is -1.33. The SMILES string of the molecule is BC1OC(CO)[C@@H](OP(=O)(O)CCO)[C@@H]1NC(=O)CCNC(=O)CCN. The molecule has 1 fully saturated rings. The summed E-state index contributed by atoms with van der Waals surface area (Å²) < 4.78 is 22.6. The fraction of sp³-hybridized carbons (Fsp3) is 0.846. The average molecular weight is 395 g/mol. The lowest BCUT2D eigenvalue weighted by Gasteiger charge is -2.26. The molecule has 0 saturated carbocycles. The zero-order valence-electron chi connectivity index (χ0n) is 14.7. The topological polar surface area (TPSA) is 180 Å². The number of aliphatic hydroxyl groups is 2. The van der Waals surface area contributed by atoms with Crippen molar-refractivity contribution in [3.8, 4) is 0 Å². The highest BCUT2D eigenvalue weighted by atomic mass is 31.2. The van der Waals surface area contributed by atoms with E-state index in [1.165, 1.54) is 0 Å². The molecule has 1 aliphatic rings. The highest BCUT2D eigenvalue weighted by Gasteiger charge is 2.46. The number of nitrogens with two attached hydrogens (primary N) is 1. The molecule has 0 aromatic carbocycles. The van der Waals surface area contributed by atoms with Gasteiger partial charge in [-0.25, -0.2) is 0 Å². The van der Waals surface area contributed by atoms with E-state index in [0.29, 0.717) is 0 Å². The van der Waals surface area contributed by atoms with Gasteiger partial charge in [-0.2, -0.15) is 0 Å². The second kappa shape index (κ2) is 11.0. The summed E-state index contributed by atoms with van der Waals surface area (Å²) in [5.74, 6) is -0.676. The molecule has 0 radical (unpaired) electrons. The van der Waals surface area contributed by atoms with E-state index in [-0.39, 0.29) is 31.8 Å². The number of amides is 2. The first kappa shape index (κ1) is 23.0. The van der Waals surface area contributed by atoms with Crippen LogP contribution in [0.3, 0.4) is 0 Å². The van der Waals surface area contributed by atoms with Gasteiger partial charge in [0.2, 0.25) is 11.8 Å². The smallest absolute Gasteiger partial charge is 0.330 e. The number of ether oxygens (including phenoxy) is 1. The maximum absolute atomic E-state index is 12.1. The maximum Gasteiger partial charge on any atom is 0.330 e. The first-order valence-electron chi connectivity index (χ1n) is 8.37. The van der Waals surface area contributed by atoms with Crippen LogP contribution in [0.2, 0.25) is 0 Å². The number of carbonyl (C=O) groups is 2. The zero-order chi connectivity index (χ0) is 19.7. The summed E-state index contributed by atoms with van der Waals surface area (Å²) in [6.45, 7) is -0.675. The molecule has 1 aliphatic heterocycles. The van der Waals surface area contributed by atoms with Crippen LogP contribution < -0.4 is 16.4 Å². The first-order valence-corrected chi connectivity index (χ1v) is 10.1. The summed E-state index contributed by atoms with van der Waals surface area (Å²) in [5.41, 5.74) is 5.25. The Morgan fingerprint density at radius 3 is 2.54 bits per heavy atom. The number of hydrogen-bond donors (Lipinski definition) is 6. The van der Waals surface area contributed by atoms with Crippen LogP contribution in [-0.2, 0) is 23.4 Å². The fourth-order valence-corrected chi connectivity index (χ4v) is 3.58. The van der Waals surface area contributed by atoms with Crippen molar-refractivity contribution in [2.24, 2.45) is 5.73 Å². The van der Waals surface area contributed by atoms with Gasteiger partial charge in [0.15, 0.2) is 0 Å². The minimum absolute atomic E-state index is 0.0104. The lowest BCUT2D eigenvalue weighted by Crippen LogP contribution is -2.49. The Morgan fingerprint density at radius 1 is 1.27 bits per heavy atom. The molecule has 1 saturated heterocycles. The minimum Gasteiger partial charge on any atom is -0.396 e. The molecular weight excluding hydrogens is 368 g/mol. The third-order valence-electron chi connectivity index (χ3n) is 3.84. The van der Waals surface area contributed by atoms with Crippen LogP contribution in [-0.4, -0.2) is 91.5 Å². The summed E-state index contributed by atoms with van der Waals surface area (Å²) in [7, 11) is -2.47. The van der Waals surface area contributed by atoms with Gasteiger partial charge >= 0.3 is 7.60 Å². The van der Waals surface area contributed by atoms with Crippen molar-refractivity contribution in [3.63, 3.8) is 0 Å². The number of aliphatic hydroxyl groups excluding tert-OH is 2. The van der Waals surface area contributed by atoms with E-state index < -0.39 is 57.1 Å². The molecule has 11 nitrogen and oxygen atoms in total. The summed E-state index contributed by atoms with van der Waals surface area (Å²) in [6.07, 6.45) is -2.25. The number of carbonyl (C=O) groups excluding carboxylic acids is 2. The normalized spacial score (nSPS) is 27.7. The lowest BCUT2D eigenvalue weighted by atomic mass is 9.90. The van der Waals surface area contributed by atoms with Crippen LogP contribution in [0, 0.1) is 0 Å². The molecule has 0 bridgehead atoms. The van der Waals surface area contributed by atoms with Crippen molar-refractivity contribution in [1.82, 2.24) is 10.6 Å². The molecule has 1 rings (SSSR count). The Labute approximate surface area is 152 Å². The van der Waals surface area contributed by atoms with Crippen molar-refractivity contribution in [2.45, 2.75) is 37.1 Å². The van der Waals surface area contributed by atoms with E-state index >= 15 is 0 Å². The highest BCUT2D eigenvalue weighted by molar-refractivity contribution is 7.52. The second-order valence-corrected chi connectivity index (χ2v) is 7.88. The fourth-order valence-electron chi connectivity index (χ4n) is 2.58. The van der Waals surface area contributed by atoms with E-state index in [9.17, 15) is 24.2 Å². The monoisotopic (exact) mass is 395 g/mol. The standard InChI is InChI=1S/C13H27BN3O8P/c14-13-11(17-10(21)2-4-16-9(20)1-3-15)12(8(7-19)24-13)25-26(22,23)6-5-18/h8,11-13,18-19H,1-7,14-15H2,(H,16,20)(H,17,21)(H,22,23)/t8?,11-,12+,13?/m0/s1. The van der Waals surface area contributed by atoms with E-state index in [2.05, 4.69) is 10.6 Å². The zero-order valence-corrected chi connectivity index (χ0v) is 15.6. The predicted octanol–water partition coefficient (Wildman–Crippen LogP) is -3.76. The van der Waals surface area contributed by atoms with Gasteiger partial charge in [-0.1, -0.05) is 0 Å². The van der Waals surface area contributed by atoms with Crippen molar-refractivity contribution in [1.29, 1.82) is 0 Å². The molecular formula is C13H27BN3O8P. The molecule has 5 atom stereocenters. The molecule has 0 aromatic heterocycles. The Balaban J connectivity index is 2.64. The van der Waals surface area contributed by atoms with Gasteiger partial charge in [0, 0.05) is 31.9 Å². The van der Waals surface area contributed by atoms with Gasteiger partial charge in [-0.3, -0.25) is 14.2 Å². The number of rotatable bonds is 11. The highest BCUT2D eigenvalue weighted by Crippen LogP contribution is 2.45. The van der Waals surface area contributed by atoms with Crippen molar-refractivity contribution in [3.05, 3.63) is 0 Å². The maximum atomic E-state index is 12.1. The van der Waals surface area contributed by atoms with Gasteiger partial charge in [0.25, 0.3) is 0 Å². The lowest BCUT2D eigenvalue weighted by molar-refractivity contribution is -0.123. The van der Waals surface area contributed by atoms with Crippen molar-refractivity contribution < 1.29 is 38.5 Å². The van der Waals surface area contributed by atoms with Crippen LogP contribution >= 0.6 is 7.60 Å². The van der Waals surface area contributed by atoms with Gasteiger partial charge in [0.1, 0.15) is 20.1 Å². The van der Waals surface area contributed by atoms with Crippen molar-refractivity contribution >= 4 is 27.3 Å². The minimum atomic E-state index is -4.10. The molecule has 26 heavy (non-hydrogen) atoms. The molecule has 0 aliphatic carbocycles. The molecule has 13 heteroatoms. The van der Waals surface area contributed by atoms with Crippen LogP contribution in [0.25, 0.3) is 0 Å². The second-order valence-electron chi connectivity index (χ2n) is 5.95. The van der Waals surface area contributed by atoms with Gasteiger partial charge in [-0.05, 0) is 0 Å². The molecule has 0 aromatic rings. The number of nitrogens with one attached hydrogen (secondary N) is 2. The van der Waals surface area contributed by atoms with Gasteiger partial charge < -0.3 is 40.7 Å². The Kier molecular flexibility index (Phi) is 9.73. The van der Waals surface area contributed by atoms with E-state index in [0.717, 1.165) is 0 Å². The van der Waals surface area contributed by atoms with E-state index in [1.807, 2.05) is 0 Å². The average Bonchev–Trinajstić information content (AvgIpc) is 2.83. The van der Waals surface area contributed by atoms with Crippen LogP contribution in [0.5, 0.6) is 0 Å². The molecule has 0 spiro atoms. The summed E-state index contributed by atoms with van der Waals surface area (Å²) >= 11 is 0. The molecule has 1 heterocycles. The third-order valence-corrected chi connectivity index (χ3v) is 5.18. The predicted molar refractivity (Wildman–Crippen MR) is 94.2 cm³/mol.